The molecule has 1 spiro atoms. The van der Waals surface area contributed by atoms with Gasteiger partial charge in [0.2, 0.25) is 0 Å². The second-order valence-electron chi connectivity index (χ2n) is 13.5. The molecule has 1 heterocycles. The van der Waals surface area contributed by atoms with Crippen molar-refractivity contribution in [2.75, 3.05) is 6.61 Å². The minimum absolute atomic E-state index is 0.0712. The first kappa shape index (κ1) is 25.3. The van der Waals surface area contributed by atoms with E-state index in [0.29, 0.717) is 18.8 Å². The zero-order chi connectivity index (χ0) is 24.8. The van der Waals surface area contributed by atoms with Gasteiger partial charge >= 0.3 is 0 Å². The van der Waals surface area contributed by atoms with Crippen LogP contribution in [0, 0.1) is 34.0 Å². The molecule has 1 aliphatic heterocycles. The van der Waals surface area contributed by atoms with Crippen LogP contribution >= 0.6 is 0 Å². The molecule has 0 aromatic rings. The van der Waals surface area contributed by atoms with Crippen LogP contribution in [0.3, 0.4) is 0 Å². The highest BCUT2D eigenvalue weighted by Crippen LogP contribution is 2.73. The summed E-state index contributed by atoms with van der Waals surface area (Å²) in [6.07, 6.45) is -1.36. The highest BCUT2D eigenvalue weighted by molar-refractivity contribution is 5.18. The van der Waals surface area contributed by atoms with E-state index >= 15 is 0 Å². The number of aliphatic hydroxyl groups excluding tert-OH is 5. The Kier molecular flexibility index (Phi) is 6.03. The largest absolute Gasteiger partial charge is 0.394 e. The molecule has 0 aromatic carbocycles. The summed E-state index contributed by atoms with van der Waals surface area (Å²) in [5.41, 5.74) is -1.21. The number of aliphatic hydroxyl groups is 6. The summed E-state index contributed by atoms with van der Waals surface area (Å²) < 4.78 is 12.0. The first-order valence-corrected chi connectivity index (χ1v) is 13.1. The minimum Gasteiger partial charge on any atom is -0.394 e. The molecule has 8 nitrogen and oxygen atoms in total. The van der Waals surface area contributed by atoms with E-state index < -0.39 is 49.0 Å². The Hall–Kier alpha value is -0.320. The van der Waals surface area contributed by atoms with Crippen LogP contribution in [0.1, 0.15) is 72.6 Å². The Morgan fingerprint density at radius 3 is 2.26 bits per heavy atom. The topological polar surface area (TPSA) is 140 Å². The molecular weight excluding hydrogens is 440 g/mol. The van der Waals surface area contributed by atoms with E-state index in [-0.39, 0.29) is 34.2 Å². The van der Waals surface area contributed by atoms with Gasteiger partial charge in [-0.05, 0) is 85.9 Å². The molecule has 2 bridgehead atoms. The lowest BCUT2D eigenvalue weighted by Gasteiger charge is -2.66. The van der Waals surface area contributed by atoms with E-state index in [9.17, 15) is 30.6 Å². The van der Waals surface area contributed by atoms with Gasteiger partial charge in [0, 0.05) is 0 Å². The lowest BCUT2D eigenvalue weighted by atomic mass is 9.40. The van der Waals surface area contributed by atoms with E-state index in [2.05, 4.69) is 20.8 Å². The summed E-state index contributed by atoms with van der Waals surface area (Å²) in [5.74, 6) is 0.736. The van der Waals surface area contributed by atoms with Crippen molar-refractivity contribution in [1.82, 2.24) is 0 Å². The molecule has 6 N–H and O–H groups in total. The highest BCUT2D eigenvalue weighted by atomic mass is 16.7. The first-order chi connectivity index (χ1) is 15.7. The van der Waals surface area contributed by atoms with E-state index in [4.69, 9.17) is 9.47 Å². The molecule has 4 aliphatic carbocycles. The van der Waals surface area contributed by atoms with Crippen LogP contribution in [-0.4, -0.2) is 85.8 Å². The summed E-state index contributed by atoms with van der Waals surface area (Å²) in [6, 6.07) is 0. The molecule has 0 aromatic heterocycles. The molecule has 1 saturated heterocycles. The van der Waals surface area contributed by atoms with Crippen LogP contribution in [-0.2, 0) is 9.47 Å². The van der Waals surface area contributed by atoms with Crippen LogP contribution in [0.5, 0.6) is 0 Å². The number of hydrogen-bond donors (Lipinski definition) is 6. The molecule has 5 fully saturated rings. The standard InChI is InChI=1S/C26H44O8/c1-23(2)8-14(33-22-20(31)19(30)18(29)16(11-27)34-22)9-24(3)17-6-5-13-7-26(17,12-25(13,4)32)10-15(28)21(23)24/h13-22,27-32H,5-12H2,1-4H3/t13-,14+,15+,16+,17-,18+,19+,20+,21+,22+,24-,25+,26+/m0/s1. The Labute approximate surface area is 202 Å². The quantitative estimate of drug-likeness (QED) is 0.325. The van der Waals surface area contributed by atoms with E-state index in [1.165, 1.54) is 0 Å². The van der Waals surface area contributed by atoms with Gasteiger partial charge in [-0.25, -0.2) is 0 Å². The van der Waals surface area contributed by atoms with Gasteiger partial charge in [-0.1, -0.05) is 20.8 Å². The van der Waals surface area contributed by atoms with Crippen LogP contribution in [0.15, 0.2) is 0 Å². The molecule has 0 radical (unpaired) electrons. The predicted molar refractivity (Wildman–Crippen MR) is 122 cm³/mol. The zero-order valence-electron chi connectivity index (χ0n) is 20.9. The fraction of sp³-hybridized carbons (Fsp3) is 1.00. The smallest absolute Gasteiger partial charge is 0.186 e. The van der Waals surface area contributed by atoms with Gasteiger partial charge in [-0.15, -0.1) is 0 Å². The van der Waals surface area contributed by atoms with Gasteiger partial charge in [0.1, 0.15) is 24.4 Å². The average molecular weight is 485 g/mol. The number of hydrogen-bond acceptors (Lipinski definition) is 8. The van der Waals surface area contributed by atoms with Crippen LogP contribution in [0.2, 0.25) is 0 Å². The fourth-order valence-corrected chi connectivity index (χ4v) is 9.93. The van der Waals surface area contributed by atoms with Gasteiger partial charge in [0.05, 0.1) is 24.4 Å². The second-order valence-corrected chi connectivity index (χ2v) is 13.5. The Morgan fingerprint density at radius 1 is 0.882 bits per heavy atom. The Bertz CT molecular complexity index is 785. The molecule has 0 amide bonds. The molecule has 8 heteroatoms. The predicted octanol–water partition coefficient (Wildman–Crippen LogP) is 0.936. The minimum atomic E-state index is -1.47. The maximum atomic E-state index is 11.5. The first-order valence-electron chi connectivity index (χ1n) is 13.1. The van der Waals surface area contributed by atoms with Gasteiger partial charge in [0.15, 0.2) is 6.29 Å². The number of fused-ring (bicyclic) bond motifs is 3. The van der Waals surface area contributed by atoms with Crippen molar-refractivity contribution in [2.45, 2.75) is 121 Å². The van der Waals surface area contributed by atoms with E-state index in [0.717, 1.165) is 32.1 Å². The molecule has 5 aliphatic rings. The van der Waals surface area contributed by atoms with Crippen molar-refractivity contribution in [1.29, 1.82) is 0 Å². The number of rotatable bonds is 3. The third kappa shape index (κ3) is 3.63. The summed E-state index contributed by atoms with van der Waals surface area (Å²) in [6.45, 7) is 8.11. The van der Waals surface area contributed by atoms with Crippen molar-refractivity contribution >= 4 is 0 Å². The molecule has 196 valence electrons. The van der Waals surface area contributed by atoms with E-state index in [1.54, 1.807) is 0 Å². The zero-order valence-corrected chi connectivity index (χ0v) is 20.9. The van der Waals surface area contributed by atoms with Crippen molar-refractivity contribution in [2.24, 2.45) is 34.0 Å². The highest BCUT2D eigenvalue weighted by Gasteiger charge is 2.69. The van der Waals surface area contributed by atoms with Crippen molar-refractivity contribution in [3.63, 3.8) is 0 Å². The summed E-state index contributed by atoms with van der Waals surface area (Å²) >= 11 is 0. The summed E-state index contributed by atoms with van der Waals surface area (Å²) in [7, 11) is 0. The lowest BCUT2D eigenvalue weighted by Crippen LogP contribution is -2.64. The van der Waals surface area contributed by atoms with Gasteiger partial charge in [0.25, 0.3) is 0 Å². The normalized spacial score (nSPS) is 58.8. The second kappa shape index (κ2) is 8.09. The summed E-state index contributed by atoms with van der Waals surface area (Å²) in [5, 5.41) is 63.1. The van der Waals surface area contributed by atoms with Crippen LogP contribution in [0.4, 0.5) is 0 Å². The summed E-state index contributed by atoms with van der Waals surface area (Å²) in [4.78, 5) is 0. The Morgan fingerprint density at radius 2 is 1.59 bits per heavy atom. The number of ether oxygens (including phenoxy) is 2. The van der Waals surface area contributed by atoms with Gasteiger partial charge in [-0.2, -0.15) is 0 Å². The molecule has 0 unspecified atom stereocenters. The monoisotopic (exact) mass is 484 g/mol. The van der Waals surface area contributed by atoms with Crippen molar-refractivity contribution < 1.29 is 40.1 Å². The van der Waals surface area contributed by atoms with Gasteiger partial charge in [-0.3, -0.25) is 0 Å². The van der Waals surface area contributed by atoms with Crippen molar-refractivity contribution in [3.8, 4) is 0 Å². The van der Waals surface area contributed by atoms with Crippen LogP contribution in [0.25, 0.3) is 0 Å². The SMILES string of the molecule is CC1(C)C[C@@H](O[C@@H]2O[C@H](CO)[C@@H](O)[C@@H](O)[C@H]2O)C[C@]2(C)[C@@H]1[C@H](O)C[C@@]13C[C@H](CC[C@H]12)[C@](C)(O)C3. The molecular formula is C26H44O8. The maximum absolute atomic E-state index is 11.5. The average Bonchev–Trinajstić information content (AvgIpc) is 2.90. The fourth-order valence-electron chi connectivity index (χ4n) is 9.93. The van der Waals surface area contributed by atoms with Gasteiger partial charge < -0.3 is 40.1 Å². The molecule has 5 rings (SSSR count). The van der Waals surface area contributed by atoms with E-state index in [1.807, 2.05) is 6.92 Å². The lowest BCUT2D eigenvalue weighted by molar-refractivity contribution is -0.324. The Balaban J connectivity index is 1.43. The van der Waals surface area contributed by atoms with Crippen LogP contribution < -0.4 is 0 Å². The maximum Gasteiger partial charge on any atom is 0.186 e. The van der Waals surface area contributed by atoms with Crippen molar-refractivity contribution in [3.05, 3.63) is 0 Å². The molecule has 4 saturated carbocycles. The third-order valence-corrected chi connectivity index (χ3v) is 10.7. The molecule has 13 atom stereocenters. The molecule has 34 heavy (non-hydrogen) atoms. The third-order valence-electron chi connectivity index (χ3n) is 10.7.